The number of H-pyrrole nitrogens is 1. The van der Waals surface area contributed by atoms with Gasteiger partial charge in [0.25, 0.3) is 0 Å². The van der Waals surface area contributed by atoms with Crippen molar-refractivity contribution in [1.82, 2.24) is 9.97 Å². The van der Waals surface area contributed by atoms with E-state index in [-0.39, 0.29) is 6.42 Å². The van der Waals surface area contributed by atoms with Crippen molar-refractivity contribution in [3.05, 3.63) is 42.2 Å². The highest BCUT2D eigenvalue weighted by Crippen LogP contribution is 2.25. The Hall–Kier alpha value is -2.14. The molecule has 0 fully saturated rings. The molecule has 5 nitrogen and oxygen atoms in total. The van der Waals surface area contributed by atoms with Crippen molar-refractivity contribution in [3.8, 4) is 11.4 Å². The van der Waals surface area contributed by atoms with Crippen LogP contribution in [0.15, 0.2) is 36.7 Å². The van der Waals surface area contributed by atoms with E-state index in [1.807, 2.05) is 24.3 Å². The van der Waals surface area contributed by atoms with E-state index in [1.165, 1.54) is 0 Å². The van der Waals surface area contributed by atoms with Gasteiger partial charge in [0.2, 0.25) is 0 Å². The Bertz CT molecular complexity index is 508. The molecule has 0 aliphatic rings. The molecule has 2 aromatic rings. The van der Waals surface area contributed by atoms with Crippen LogP contribution in [0.5, 0.6) is 0 Å². The van der Waals surface area contributed by atoms with Crippen molar-refractivity contribution >= 4 is 5.97 Å². The lowest BCUT2D eigenvalue weighted by Crippen LogP contribution is -2.16. The van der Waals surface area contributed by atoms with Crippen LogP contribution >= 0.6 is 0 Å². The summed E-state index contributed by atoms with van der Waals surface area (Å²) in [5.41, 5.74) is 7.50. The van der Waals surface area contributed by atoms with E-state index in [4.69, 9.17) is 10.8 Å². The van der Waals surface area contributed by atoms with Gasteiger partial charge in [0, 0.05) is 24.0 Å². The van der Waals surface area contributed by atoms with Crippen LogP contribution in [-0.2, 0) is 4.79 Å². The summed E-state index contributed by atoms with van der Waals surface area (Å²) in [6.45, 7) is 0. The second kappa shape index (κ2) is 4.80. The number of hydrogen-bond donors (Lipinski definition) is 3. The first-order valence-corrected chi connectivity index (χ1v) is 5.24. The van der Waals surface area contributed by atoms with Crippen LogP contribution in [0, 0.1) is 0 Å². The van der Waals surface area contributed by atoms with Crippen molar-refractivity contribution in [2.24, 2.45) is 5.73 Å². The zero-order chi connectivity index (χ0) is 12.3. The third kappa shape index (κ3) is 2.51. The Kier molecular flexibility index (Phi) is 3.20. The Morgan fingerprint density at radius 2 is 2.24 bits per heavy atom. The smallest absolute Gasteiger partial charge is 0.305 e. The summed E-state index contributed by atoms with van der Waals surface area (Å²) in [7, 11) is 0. The number of nitrogens with one attached hydrogen (secondary N) is 1. The number of carbonyl (C=O) groups is 1. The normalized spacial score (nSPS) is 12.3. The molecule has 1 atom stereocenters. The lowest BCUT2D eigenvalue weighted by atomic mass is 9.98. The molecule has 1 unspecified atom stereocenters. The molecule has 2 rings (SSSR count). The van der Waals surface area contributed by atoms with Crippen molar-refractivity contribution in [2.45, 2.75) is 12.5 Å². The molecule has 5 heteroatoms. The number of carboxylic acids is 1. The molecule has 0 radical (unpaired) electrons. The highest BCUT2D eigenvalue weighted by atomic mass is 16.4. The van der Waals surface area contributed by atoms with E-state index in [0.29, 0.717) is 5.82 Å². The summed E-state index contributed by atoms with van der Waals surface area (Å²) >= 11 is 0. The number of aromatic nitrogens is 2. The van der Waals surface area contributed by atoms with Crippen LogP contribution in [-0.4, -0.2) is 21.0 Å². The summed E-state index contributed by atoms with van der Waals surface area (Å²) in [6, 6.07) is 6.87. The van der Waals surface area contributed by atoms with Crippen LogP contribution < -0.4 is 5.73 Å². The maximum Gasteiger partial charge on any atom is 0.305 e. The van der Waals surface area contributed by atoms with E-state index in [2.05, 4.69) is 9.97 Å². The molecule has 0 bridgehead atoms. The molecule has 0 aliphatic carbocycles. The number of carboxylic acid groups (broad SMARTS) is 1. The third-order valence-corrected chi connectivity index (χ3v) is 2.51. The van der Waals surface area contributed by atoms with E-state index in [0.717, 1.165) is 11.1 Å². The summed E-state index contributed by atoms with van der Waals surface area (Å²) in [6.07, 6.45) is 3.27. The predicted octanol–water partition coefficient (Wildman–Crippen LogP) is 1.55. The molecule has 1 aromatic heterocycles. The fourth-order valence-corrected chi connectivity index (χ4v) is 1.75. The fraction of sp³-hybridized carbons (Fsp3) is 0.167. The van der Waals surface area contributed by atoms with Gasteiger partial charge < -0.3 is 15.8 Å². The van der Waals surface area contributed by atoms with Crippen LogP contribution in [0.2, 0.25) is 0 Å². The van der Waals surface area contributed by atoms with Gasteiger partial charge in [-0.2, -0.15) is 0 Å². The number of nitrogens with zero attached hydrogens (tertiary/aromatic N) is 1. The molecule has 0 saturated heterocycles. The highest BCUT2D eigenvalue weighted by molar-refractivity contribution is 5.69. The van der Waals surface area contributed by atoms with Gasteiger partial charge in [-0.25, -0.2) is 4.98 Å². The first-order chi connectivity index (χ1) is 8.18. The van der Waals surface area contributed by atoms with Crippen molar-refractivity contribution in [1.29, 1.82) is 0 Å². The summed E-state index contributed by atoms with van der Waals surface area (Å²) in [4.78, 5) is 17.8. The first kappa shape index (κ1) is 11.3. The molecular weight excluding hydrogens is 218 g/mol. The molecule has 0 saturated carbocycles. The SMILES string of the molecule is NC(CC(=O)O)c1ccccc1-c1ncc[nH]1. The molecule has 1 aromatic carbocycles. The molecule has 4 N–H and O–H groups in total. The van der Waals surface area contributed by atoms with Gasteiger partial charge in [0.05, 0.1) is 6.42 Å². The molecule has 0 amide bonds. The Morgan fingerprint density at radius 1 is 1.47 bits per heavy atom. The van der Waals surface area contributed by atoms with Gasteiger partial charge in [-0.1, -0.05) is 24.3 Å². The maximum atomic E-state index is 10.7. The van der Waals surface area contributed by atoms with Gasteiger partial charge >= 0.3 is 5.97 Å². The molecule has 0 spiro atoms. The van der Waals surface area contributed by atoms with Gasteiger partial charge in [0.15, 0.2) is 0 Å². The van der Waals surface area contributed by atoms with E-state index >= 15 is 0 Å². The van der Waals surface area contributed by atoms with E-state index in [9.17, 15) is 4.79 Å². The Morgan fingerprint density at radius 3 is 2.88 bits per heavy atom. The lowest BCUT2D eigenvalue weighted by Gasteiger charge is -2.13. The number of rotatable bonds is 4. The van der Waals surface area contributed by atoms with Crippen molar-refractivity contribution < 1.29 is 9.90 Å². The molecule has 1 heterocycles. The number of aromatic amines is 1. The predicted molar refractivity (Wildman–Crippen MR) is 63.2 cm³/mol. The fourth-order valence-electron chi connectivity index (χ4n) is 1.75. The van der Waals surface area contributed by atoms with Gasteiger partial charge in [0.1, 0.15) is 5.82 Å². The largest absolute Gasteiger partial charge is 0.481 e. The lowest BCUT2D eigenvalue weighted by molar-refractivity contribution is -0.137. The van der Waals surface area contributed by atoms with Gasteiger partial charge in [-0.3, -0.25) is 4.79 Å². The zero-order valence-corrected chi connectivity index (χ0v) is 9.13. The number of aliphatic carboxylic acids is 1. The maximum absolute atomic E-state index is 10.7. The van der Waals surface area contributed by atoms with E-state index in [1.54, 1.807) is 12.4 Å². The van der Waals surface area contributed by atoms with Crippen LogP contribution in [0.25, 0.3) is 11.4 Å². The topological polar surface area (TPSA) is 92.0 Å². The number of nitrogens with two attached hydrogens (primary N) is 1. The minimum Gasteiger partial charge on any atom is -0.481 e. The average Bonchev–Trinajstić information content (AvgIpc) is 2.81. The molecular formula is C12H13N3O2. The zero-order valence-electron chi connectivity index (χ0n) is 9.13. The standard InChI is InChI=1S/C12H13N3O2/c13-10(7-11(16)17)8-3-1-2-4-9(8)12-14-5-6-15-12/h1-6,10H,7,13H2,(H,14,15)(H,16,17). The average molecular weight is 231 g/mol. The van der Waals surface area contributed by atoms with Crippen LogP contribution in [0.4, 0.5) is 0 Å². The van der Waals surface area contributed by atoms with Crippen molar-refractivity contribution in [2.75, 3.05) is 0 Å². The molecule has 17 heavy (non-hydrogen) atoms. The quantitative estimate of drug-likeness (QED) is 0.744. The summed E-state index contributed by atoms with van der Waals surface area (Å²) in [5, 5.41) is 8.76. The van der Waals surface area contributed by atoms with Crippen LogP contribution in [0.1, 0.15) is 18.0 Å². The third-order valence-electron chi connectivity index (χ3n) is 2.51. The first-order valence-electron chi connectivity index (χ1n) is 5.24. The second-order valence-corrected chi connectivity index (χ2v) is 3.73. The monoisotopic (exact) mass is 231 g/mol. The van der Waals surface area contributed by atoms with Gasteiger partial charge in [-0.15, -0.1) is 0 Å². The second-order valence-electron chi connectivity index (χ2n) is 3.73. The minimum atomic E-state index is -0.910. The van der Waals surface area contributed by atoms with Crippen LogP contribution in [0.3, 0.4) is 0 Å². The Labute approximate surface area is 98.3 Å². The summed E-state index contributed by atoms with van der Waals surface area (Å²) in [5.74, 6) is -0.215. The van der Waals surface area contributed by atoms with Crippen molar-refractivity contribution in [3.63, 3.8) is 0 Å². The highest BCUT2D eigenvalue weighted by Gasteiger charge is 2.15. The van der Waals surface area contributed by atoms with Gasteiger partial charge in [-0.05, 0) is 5.56 Å². The molecule has 88 valence electrons. The van der Waals surface area contributed by atoms with E-state index < -0.39 is 12.0 Å². The number of hydrogen-bond acceptors (Lipinski definition) is 3. The number of imidazole rings is 1. The minimum absolute atomic E-state index is 0.0995. The Balaban J connectivity index is 2.37. The summed E-state index contributed by atoms with van der Waals surface area (Å²) < 4.78 is 0. The number of benzene rings is 1. The molecule has 0 aliphatic heterocycles.